The summed E-state index contributed by atoms with van der Waals surface area (Å²) >= 11 is 5.84. The van der Waals surface area contributed by atoms with E-state index in [0.717, 1.165) is 29.2 Å². The Hall–Kier alpha value is -2.86. The van der Waals surface area contributed by atoms with Gasteiger partial charge in [-0.2, -0.15) is 0 Å². The number of carbonyl (C=O) groups excluding carboxylic acids is 1. The van der Waals surface area contributed by atoms with Gasteiger partial charge in [0.1, 0.15) is 5.82 Å². The summed E-state index contributed by atoms with van der Waals surface area (Å²) in [5, 5.41) is 4.71. The lowest BCUT2D eigenvalue weighted by molar-refractivity contribution is 0.189. The number of rotatable bonds is 5. The van der Waals surface area contributed by atoms with E-state index in [2.05, 4.69) is 10.3 Å². The number of ether oxygens (including phenoxy) is 1. The minimum absolute atomic E-state index is 0.0285. The van der Waals surface area contributed by atoms with Crippen LogP contribution < -0.4 is 10.1 Å². The number of pyridine rings is 1. The van der Waals surface area contributed by atoms with Crippen LogP contribution in [0.3, 0.4) is 0 Å². The number of methoxy groups -OCH3 is 1. The van der Waals surface area contributed by atoms with Gasteiger partial charge in [0.05, 0.1) is 18.2 Å². The Balaban J connectivity index is 1.66. The molecule has 0 radical (unpaired) electrons. The Morgan fingerprint density at radius 1 is 1.28 bits per heavy atom. The third-order valence-electron chi connectivity index (χ3n) is 5.20. The van der Waals surface area contributed by atoms with E-state index >= 15 is 0 Å². The van der Waals surface area contributed by atoms with Crippen LogP contribution in [-0.2, 0) is 0 Å². The molecule has 1 N–H and O–H groups in total. The number of hydrogen-bond acceptors (Lipinski definition) is 3. The fourth-order valence-corrected chi connectivity index (χ4v) is 3.79. The number of amides is 2. The van der Waals surface area contributed by atoms with Crippen molar-refractivity contribution in [2.75, 3.05) is 12.4 Å². The maximum Gasteiger partial charge on any atom is 0.322 e. The van der Waals surface area contributed by atoms with Gasteiger partial charge in [-0.25, -0.2) is 14.2 Å². The summed E-state index contributed by atoms with van der Waals surface area (Å²) in [6.07, 6.45) is 3.66. The molecular weight excluding hydrogens is 393 g/mol. The number of nitrogens with zero attached hydrogens (tertiary/aromatic N) is 2. The summed E-state index contributed by atoms with van der Waals surface area (Å²) < 4.78 is 18.8. The van der Waals surface area contributed by atoms with Crippen molar-refractivity contribution in [2.24, 2.45) is 0 Å². The smallest absolute Gasteiger partial charge is 0.322 e. The molecule has 0 unspecified atom stereocenters. The van der Waals surface area contributed by atoms with Gasteiger partial charge in [-0.15, -0.1) is 0 Å². The maximum atomic E-state index is 13.4. The van der Waals surface area contributed by atoms with Gasteiger partial charge in [0, 0.05) is 28.9 Å². The number of hydrogen-bond donors (Lipinski definition) is 1. The van der Waals surface area contributed by atoms with Crippen LogP contribution in [0.4, 0.5) is 14.9 Å². The van der Waals surface area contributed by atoms with Gasteiger partial charge in [0.2, 0.25) is 5.88 Å². The van der Waals surface area contributed by atoms with Crippen LogP contribution in [0.15, 0.2) is 48.7 Å². The number of nitrogens with one attached hydrogen (secondary N) is 1. The topological polar surface area (TPSA) is 54.5 Å². The molecule has 7 heteroatoms. The minimum atomic E-state index is -0.521. The average molecular weight is 414 g/mol. The first-order valence-electron chi connectivity index (χ1n) is 9.45. The molecule has 3 aromatic rings. The van der Waals surface area contributed by atoms with Gasteiger partial charge >= 0.3 is 6.03 Å². The normalized spacial score (nSPS) is 14.5. The SMILES string of the molecule is COc1ncc([C@@H](C)N(C(=O)Nc2ccc(F)c(Cl)c2)C2CC2)c2ccccc12. The van der Waals surface area contributed by atoms with E-state index in [9.17, 15) is 9.18 Å². The molecule has 1 fully saturated rings. The summed E-state index contributed by atoms with van der Waals surface area (Å²) in [7, 11) is 1.59. The molecule has 1 saturated carbocycles. The zero-order valence-electron chi connectivity index (χ0n) is 16.2. The van der Waals surface area contributed by atoms with Crippen LogP contribution in [0.1, 0.15) is 31.4 Å². The van der Waals surface area contributed by atoms with Crippen LogP contribution in [0.2, 0.25) is 5.02 Å². The van der Waals surface area contributed by atoms with Crippen molar-refractivity contribution in [2.45, 2.75) is 31.8 Å². The van der Waals surface area contributed by atoms with Crippen molar-refractivity contribution in [3.63, 3.8) is 0 Å². The second kappa shape index (κ2) is 7.87. The van der Waals surface area contributed by atoms with Gasteiger partial charge in [-0.1, -0.05) is 29.8 Å². The van der Waals surface area contributed by atoms with Crippen LogP contribution >= 0.6 is 11.6 Å². The molecule has 1 aliphatic rings. The fourth-order valence-electron chi connectivity index (χ4n) is 3.61. The summed E-state index contributed by atoms with van der Waals surface area (Å²) in [5.41, 5.74) is 1.40. The molecule has 1 atom stereocenters. The summed E-state index contributed by atoms with van der Waals surface area (Å²) in [5.74, 6) is 0.0350. The van der Waals surface area contributed by atoms with Crippen molar-refractivity contribution in [3.05, 3.63) is 65.1 Å². The third-order valence-corrected chi connectivity index (χ3v) is 5.49. The first-order chi connectivity index (χ1) is 14.0. The highest BCUT2D eigenvalue weighted by Crippen LogP contribution is 2.38. The van der Waals surface area contributed by atoms with E-state index in [0.29, 0.717) is 11.6 Å². The summed E-state index contributed by atoms with van der Waals surface area (Å²) in [6, 6.07) is 11.7. The van der Waals surface area contributed by atoms with E-state index in [1.165, 1.54) is 18.2 Å². The second-order valence-corrected chi connectivity index (χ2v) is 7.55. The van der Waals surface area contributed by atoms with Crippen LogP contribution in [-0.4, -0.2) is 29.1 Å². The van der Waals surface area contributed by atoms with Crippen molar-refractivity contribution in [1.82, 2.24) is 9.88 Å². The average Bonchev–Trinajstić information content (AvgIpc) is 3.55. The Morgan fingerprint density at radius 3 is 2.66 bits per heavy atom. The van der Waals surface area contributed by atoms with Crippen molar-refractivity contribution in [3.8, 4) is 5.88 Å². The number of benzene rings is 2. The molecule has 5 nitrogen and oxygen atoms in total. The van der Waals surface area contributed by atoms with E-state index < -0.39 is 5.82 Å². The lowest BCUT2D eigenvalue weighted by Gasteiger charge is -2.30. The van der Waals surface area contributed by atoms with Gasteiger partial charge in [-0.3, -0.25) is 0 Å². The second-order valence-electron chi connectivity index (χ2n) is 7.14. The summed E-state index contributed by atoms with van der Waals surface area (Å²) in [4.78, 5) is 19.4. The molecule has 0 spiro atoms. The van der Waals surface area contributed by atoms with Gasteiger partial charge in [0.25, 0.3) is 0 Å². The Labute approximate surface area is 173 Å². The van der Waals surface area contributed by atoms with Crippen molar-refractivity contribution in [1.29, 1.82) is 0 Å². The van der Waals surface area contributed by atoms with Gasteiger partial charge < -0.3 is 15.0 Å². The van der Waals surface area contributed by atoms with Gasteiger partial charge in [0.15, 0.2) is 0 Å². The first kappa shape index (κ1) is 19.5. The fraction of sp³-hybridized carbons (Fsp3) is 0.273. The summed E-state index contributed by atoms with van der Waals surface area (Å²) in [6.45, 7) is 1.99. The molecule has 0 saturated heterocycles. The Bertz CT molecular complexity index is 1070. The highest BCUT2D eigenvalue weighted by molar-refractivity contribution is 6.31. The number of aromatic nitrogens is 1. The number of halogens is 2. The molecule has 0 aliphatic heterocycles. The minimum Gasteiger partial charge on any atom is -0.481 e. The van der Waals surface area contributed by atoms with E-state index in [-0.39, 0.29) is 23.1 Å². The molecular formula is C22H21ClFN3O2. The first-order valence-corrected chi connectivity index (χ1v) is 9.83. The predicted octanol–water partition coefficient (Wildman–Crippen LogP) is 5.79. The molecule has 0 bridgehead atoms. The number of urea groups is 1. The van der Waals surface area contributed by atoms with Crippen LogP contribution in [0, 0.1) is 5.82 Å². The van der Waals surface area contributed by atoms with Crippen LogP contribution in [0.25, 0.3) is 10.8 Å². The maximum absolute atomic E-state index is 13.4. The number of fused-ring (bicyclic) bond motifs is 1. The predicted molar refractivity (Wildman–Crippen MR) is 112 cm³/mol. The number of anilines is 1. The van der Waals surface area contributed by atoms with E-state index in [1.54, 1.807) is 13.3 Å². The largest absolute Gasteiger partial charge is 0.481 e. The van der Waals surface area contributed by atoms with Crippen LogP contribution in [0.5, 0.6) is 5.88 Å². The molecule has 2 amide bonds. The molecule has 1 aliphatic carbocycles. The molecule has 2 aromatic carbocycles. The zero-order valence-corrected chi connectivity index (χ0v) is 16.9. The van der Waals surface area contributed by atoms with Gasteiger partial charge in [-0.05, 0) is 49.4 Å². The molecule has 4 rings (SSSR count). The molecule has 1 aromatic heterocycles. The standard InChI is InChI=1S/C22H21ClFN3O2/c1-13(18-12-25-21(29-2)17-6-4-3-5-16(17)18)27(15-8-9-15)22(28)26-14-7-10-20(24)19(23)11-14/h3-7,10-13,15H,8-9H2,1-2H3,(H,26,28)/t13-/m1/s1. The zero-order chi connectivity index (χ0) is 20.5. The Kier molecular flexibility index (Phi) is 5.28. The highest BCUT2D eigenvalue weighted by atomic mass is 35.5. The number of carbonyl (C=O) groups is 1. The molecule has 1 heterocycles. The lowest BCUT2D eigenvalue weighted by atomic mass is 10.0. The quantitative estimate of drug-likeness (QED) is 0.575. The Morgan fingerprint density at radius 2 is 2.00 bits per heavy atom. The lowest BCUT2D eigenvalue weighted by Crippen LogP contribution is -2.38. The van der Waals surface area contributed by atoms with E-state index in [1.807, 2.05) is 36.1 Å². The molecule has 29 heavy (non-hydrogen) atoms. The van der Waals surface area contributed by atoms with Crippen molar-refractivity contribution >= 4 is 34.1 Å². The highest BCUT2D eigenvalue weighted by Gasteiger charge is 2.37. The molecule has 150 valence electrons. The monoisotopic (exact) mass is 413 g/mol. The van der Waals surface area contributed by atoms with E-state index in [4.69, 9.17) is 16.3 Å². The van der Waals surface area contributed by atoms with Crippen molar-refractivity contribution < 1.29 is 13.9 Å². The third kappa shape index (κ3) is 3.85.